The van der Waals surface area contributed by atoms with Gasteiger partial charge in [0.15, 0.2) is 0 Å². The van der Waals surface area contributed by atoms with Crippen LogP contribution >= 0.6 is 0 Å². The van der Waals surface area contributed by atoms with Crippen LogP contribution in [0.25, 0.3) is 0 Å². The number of likely N-dealkylation sites (tertiary alicyclic amines) is 1. The Morgan fingerprint density at radius 3 is 2.75 bits per heavy atom. The second-order valence-corrected chi connectivity index (χ2v) is 4.95. The second-order valence-electron chi connectivity index (χ2n) is 4.95. The van der Waals surface area contributed by atoms with Crippen molar-refractivity contribution in [1.82, 2.24) is 4.90 Å². The van der Waals surface area contributed by atoms with Crippen molar-refractivity contribution >= 4 is 5.97 Å². The SMILES string of the molecule is CCOC(=O)C1CCCN1CC(F)(F)c1ccccc1. The molecule has 0 saturated carbocycles. The molecule has 0 radical (unpaired) electrons. The van der Waals surface area contributed by atoms with Crippen molar-refractivity contribution in [3.8, 4) is 0 Å². The number of ether oxygens (including phenoxy) is 1. The molecular formula is C15H19F2NO2. The normalized spacial score (nSPS) is 20.1. The molecule has 1 heterocycles. The molecule has 0 spiro atoms. The summed E-state index contributed by atoms with van der Waals surface area (Å²) < 4.78 is 33.4. The predicted octanol–water partition coefficient (Wildman–Crippen LogP) is 2.81. The van der Waals surface area contributed by atoms with Gasteiger partial charge in [-0.1, -0.05) is 30.3 Å². The Balaban J connectivity index is 2.06. The maximum absolute atomic E-state index is 14.2. The topological polar surface area (TPSA) is 29.5 Å². The summed E-state index contributed by atoms with van der Waals surface area (Å²) in [6.45, 7) is 2.06. The first kappa shape index (κ1) is 14.9. The predicted molar refractivity (Wildman–Crippen MR) is 71.6 cm³/mol. The fourth-order valence-corrected chi connectivity index (χ4v) is 2.55. The van der Waals surface area contributed by atoms with Crippen LogP contribution in [0.2, 0.25) is 0 Å². The summed E-state index contributed by atoms with van der Waals surface area (Å²) in [5, 5.41) is 0. The molecule has 1 aliphatic rings. The second kappa shape index (κ2) is 6.31. The molecule has 1 aromatic carbocycles. The molecule has 5 heteroatoms. The molecule has 0 amide bonds. The highest BCUT2D eigenvalue weighted by Gasteiger charge is 2.40. The smallest absolute Gasteiger partial charge is 0.323 e. The summed E-state index contributed by atoms with van der Waals surface area (Å²) in [7, 11) is 0. The van der Waals surface area contributed by atoms with Gasteiger partial charge in [0.25, 0.3) is 5.92 Å². The zero-order chi connectivity index (χ0) is 14.6. The number of carbonyl (C=O) groups excluding carboxylic acids is 1. The largest absolute Gasteiger partial charge is 0.465 e. The first-order chi connectivity index (χ1) is 9.54. The number of hydrogen-bond acceptors (Lipinski definition) is 3. The van der Waals surface area contributed by atoms with Crippen molar-refractivity contribution in [3.05, 3.63) is 35.9 Å². The third-order valence-corrected chi connectivity index (χ3v) is 3.52. The highest BCUT2D eigenvalue weighted by molar-refractivity contribution is 5.76. The van der Waals surface area contributed by atoms with E-state index < -0.39 is 24.5 Å². The van der Waals surface area contributed by atoms with Gasteiger partial charge in [0, 0.05) is 5.56 Å². The quantitative estimate of drug-likeness (QED) is 0.778. The highest BCUT2D eigenvalue weighted by Crippen LogP contribution is 2.31. The minimum absolute atomic E-state index is 0.0190. The van der Waals surface area contributed by atoms with Crippen LogP contribution in [0, 0.1) is 0 Å². The Morgan fingerprint density at radius 1 is 1.40 bits per heavy atom. The van der Waals surface area contributed by atoms with Crippen LogP contribution in [0.4, 0.5) is 8.78 Å². The molecule has 2 rings (SSSR count). The average molecular weight is 283 g/mol. The van der Waals surface area contributed by atoms with Crippen molar-refractivity contribution in [1.29, 1.82) is 0 Å². The number of nitrogens with zero attached hydrogens (tertiary/aromatic N) is 1. The molecule has 110 valence electrons. The van der Waals surface area contributed by atoms with E-state index in [4.69, 9.17) is 4.74 Å². The first-order valence-corrected chi connectivity index (χ1v) is 6.88. The summed E-state index contributed by atoms with van der Waals surface area (Å²) in [6, 6.07) is 7.18. The third kappa shape index (κ3) is 3.33. The van der Waals surface area contributed by atoms with Gasteiger partial charge in [-0.3, -0.25) is 9.69 Å². The molecule has 1 fully saturated rings. The van der Waals surface area contributed by atoms with Gasteiger partial charge in [-0.05, 0) is 26.3 Å². The van der Waals surface area contributed by atoms with Gasteiger partial charge in [0.2, 0.25) is 0 Å². The van der Waals surface area contributed by atoms with E-state index in [1.165, 1.54) is 17.0 Å². The molecule has 1 atom stereocenters. The number of hydrogen-bond donors (Lipinski definition) is 0. The monoisotopic (exact) mass is 283 g/mol. The highest BCUT2D eigenvalue weighted by atomic mass is 19.3. The molecule has 3 nitrogen and oxygen atoms in total. The number of esters is 1. The fourth-order valence-electron chi connectivity index (χ4n) is 2.55. The van der Waals surface area contributed by atoms with Crippen molar-refractivity contribution in [2.24, 2.45) is 0 Å². The van der Waals surface area contributed by atoms with Gasteiger partial charge in [0.1, 0.15) is 6.04 Å². The van der Waals surface area contributed by atoms with E-state index in [1.807, 2.05) is 0 Å². The minimum atomic E-state index is -2.96. The summed E-state index contributed by atoms with van der Waals surface area (Å²) >= 11 is 0. The molecule has 0 bridgehead atoms. The van der Waals surface area contributed by atoms with Crippen molar-refractivity contribution < 1.29 is 18.3 Å². The number of halogens is 2. The summed E-state index contributed by atoms with van der Waals surface area (Å²) in [6.07, 6.45) is 1.33. The molecular weight excluding hydrogens is 264 g/mol. The van der Waals surface area contributed by atoms with Crippen LogP contribution in [0.3, 0.4) is 0 Å². The van der Waals surface area contributed by atoms with Crippen LogP contribution in [0.5, 0.6) is 0 Å². The Morgan fingerprint density at radius 2 is 2.10 bits per heavy atom. The Labute approximate surface area is 117 Å². The maximum atomic E-state index is 14.2. The van der Waals surface area contributed by atoms with E-state index in [-0.39, 0.29) is 12.2 Å². The first-order valence-electron chi connectivity index (χ1n) is 6.88. The van der Waals surface area contributed by atoms with E-state index in [9.17, 15) is 13.6 Å². The minimum Gasteiger partial charge on any atom is -0.465 e. The van der Waals surface area contributed by atoms with Crippen molar-refractivity contribution in [2.45, 2.75) is 31.7 Å². The average Bonchev–Trinajstić information content (AvgIpc) is 2.87. The summed E-state index contributed by atoms with van der Waals surface area (Å²) in [5.74, 6) is -3.36. The molecule has 1 aliphatic heterocycles. The number of rotatable bonds is 5. The molecule has 1 saturated heterocycles. The molecule has 1 aromatic rings. The van der Waals surface area contributed by atoms with E-state index in [2.05, 4.69) is 0 Å². The molecule has 0 aliphatic carbocycles. The number of alkyl halides is 2. The van der Waals surface area contributed by atoms with Gasteiger partial charge in [-0.2, -0.15) is 8.78 Å². The molecule has 0 aromatic heterocycles. The standard InChI is InChI=1S/C15H19F2NO2/c1-2-20-14(19)13-9-6-10-18(13)11-15(16,17)12-7-4-3-5-8-12/h3-5,7-8,13H,2,6,9-11H2,1H3. The van der Waals surface area contributed by atoms with Gasteiger partial charge in [-0.15, -0.1) is 0 Å². The van der Waals surface area contributed by atoms with E-state index >= 15 is 0 Å². The van der Waals surface area contributed by atoms with Gasteiger partial charge < -0.3 is 4.74 Å². The number of carbonyl (C=O) groups is 1. The Bertz CT molecular complexity index is 450. The van der Waals surface area contributed by atoms with Crippen molar-refractivity contribution in [2.75, 3.05) is 19.7 Å². The summed E-state index contributed by atoms with van der Waals surface area (Å²) in [4.78, 5) is 13.3. The lowest BCUT2D eigenvalue weighted by atomic mass is 10.1. The lowest BCUT2D eigenvalue weighted by Gasteiger charge is -2.27. The number of benzene rings is 1. The van der Waals surface area contributed by atoms with Crippen LogP contribution in [0.15, 0.2) is 30.3 Å². The van der Waals surface area contributed by atoms with E-state index in [0.29, 0.717) is 13.0 Å². The van der Waals surface area contributed by atoms with Crippen LogP contribution in [-0.4, -0.2) is 36.6 Å². The molecule has 0 N–H and O–H groups in total. The third-order valence-electron chi connectivity index (χ3n) is 3.52. The van der Waals surface area contributed by atoms with E-state index in [0.717, 1.165) is 6.42 Å². The van der Waals surface area contributed by atoms with Gasteiger partial charge in [-0.25, -0.2) is 0 Å². The molecule has 1 unspecified atom stereocenters. The fraction of sp³-hybridized carbons (Fsp3) is 0.533. The van der Waals surface area contributed by atoms with E-state index in [1.54, 1.807) is 25.1 Å². The Kier molecular flexibility index (Phi) is 4.70. The van der Waals surface area contributed by atoms with Crippen molar-refractivity contribution in [3.63, 3.8) is 0 Å². The van der Waals surface area contributed by atoms with Crippen LogP contribution in [-0.2, 0) is 15.5 Å². The lowest BCUT2D eigenvalue weighted by molar-refractivity contribution is -0.150. The van der Waals surface area contributed by atoms with Gasteiger partial charge >= 0.3 is 5.97 Å². The zero-order valence-electron chi connectivity index (χ0n) is 11.5. The zero-order valence-corrected chi connectivity index (χ0v) is 11.5. The summed E-state index contributed by atoms with van der Waals surface area (Å²) in [5.41, 5.74) is -0.0190. The maximum Gasteiger partial charge on any atom is 0.323 e. The van der Waals surface area contributed by atoms with Crippen LogP contribution in [0.1, 0.15) is 25.3 Å². The van der Waals surface area contributed by atoms with Crippen LogP contribution < -0.4 is 0 Å². The lowest BCUT2D eigenvalue weighted by Crippen LogP contribution is -2.43. The van der Waals surface area contributed by atoms with Gasteiger partial charge in [0.05, 0.1) is 13.2 Å². The molecule has 20 heavy (non-hydrogen) atoms. The Hall–Kier alpha value is -1.49.